The number of rotatable bonds is 3. The summed E-state index contributed by atoms with van der Waals surface area (Å²) < 4.78 is 1.80. The van der Waals surface area contributed by atoms with Crippen molar-refractivity contribution in [2.24, 2.45) is 0 Å². The number of aromatic nitrogens is 2. The summed E-state index contributed by atoms with van der Waals surface area (Å²) in [7, 11) is 0. The lowest BCUT2D eigenvalue weighted by Gasteiger charge is -2.41. The fourth-order valence-electron chi connectivity index (χ4n) is 4.02. The first-order valence-corrected chi connectivity index (χ1v) is 9.54. The summed E-state index contributed by atoms with van der Waals surface area (Å²) in [6.07, 6.45) is 3.53. The summed E-state index contributed by atoms with van der Waals surface area (Å²) in [5.41, 5.74) is 2.41. The Kier molecular flexibility index (Phi) is 6.36. The average Bonchev–Trinajstić information content (AvgIpc) is 3.10. The Bertz CT molecular complexity index is 838. The van der Waals surface area contributed by atoms with Crippen LogP contribution in [0.2, 0.25) is 0 Å². The maximum absolute atomic E-state index is 13.1. The molecule has 2 aliphatic rings. The van der Waals surface area contributed by atoms with Crippen molar-refractivity contribution in [1.29, 1.82) is 0 Å². The van der Waals surface area contributed by atoms with Crippen molar-refractivity contribution in [3.63, 3.8) is 0 Å². The van der Waals surface area contributed by atoms with Crippen molar-refractivity contribution in [2.75, 3.05) is 32.7 Å². The average molecular weight is 404 g/mol. The van der Waals surface area contributed by atoms with Gasteiger partial charge in [0, 0.05) is 32.2 Å². The SMILES string of the molecule is Cc1c(C(=O)N2CCCC(N3CCNCC3=O)C2)cnn1-c1ccccc1.Cl. The normalized spacial score (nSPS) is 20.0. The molecule has 1 N–H and O–H groups in total. The van der Waals surface area contributed by atoms with Crippen LogP contribution in [-0.2, 0) is 4.79 Å². The Labute approximate surface area is 171 Å². The number of hydrogen-bond donors (Lipinski definition) is 1. The quantitative estimate of drug-likeness (QED) is 0.845. The molecule has 3 heterocycles. The van der Waals surface area contributed by atoms with E-state index in [4.69, 9.17) is 0 Å². The van der Waals surface area contributed by atoms with Crippen LogP contribution in [0.5, 0.6) is 0 Å². The summed E-state index contributed by atoms with van der Waals surface area (Å²) in [6, 6.07) is 9.93. The lowest BCUT2D eigenvalue weighted by molar-refractivity contribution is -0.135. The van der Waals surface area contributed by atoms with Crippen molar-refractivity contribution in [3.8, 4) is 5.69 Å². The van der Waals surface area contributed by atoms with Gasteiger partial charge in [-0.05, 0) is 31.9 Å². The first kappa shape index (κ1) is 20.4. The molecule has 0 spiro atoms. The summed E-state index contributed by atoms with van der Waals surface area (Å²) in [5.74, 6) is 0.135. The number of likely N-dealkylation sites (tertiary alicyclic amines) is 1. The summed E-state index contributed by atoms with van der Waals surface area (Å²) in [6.45, 7) is 5.18. The molecule has 0 saturated carbocycles. The highest BCUT2D eigenvalue weighted by Crippen LogP contribution is 2.21. The molecule has 28 heavy (non-hydrogen) atoms. The Morgan fingerprint density at radius 3 is 2.75 bits per heavy atom. The second-order valence-corrected chi connectivity index (χ2v) is 7.20. The molecule has 2 aromatic rings. The van der Waals surface area contributed by atoms with E-state index in [1.165, 1.54) is 0 Å². The van der Waals surface area contributed by atoms with Crippen LogP contribution in [0, 0.1) is 6.92 Å². The first-order valence-electron chi connectivity index (χ1n) is 9.54. The second-order valence-electron chi connectivity index (χ2n) is 7.20. The number of piperidine rings is 1. The van der Waals surface area contributed by atoms with E-state index >= 15 is 0 Å². The number of nitrogens with one attached hydrogen (secondary N) is 1. The van der Waals surface area contributed by atoms with E-state index in [2.05, 4.69) is 10.4 Å². The van der Waals surface area contributed by atoms with Crippen LogP contribution in [0.4, 0.5) is 0 Å². The highest BCUT2D eigenvalue weighted by Gasteiger charge is 2.32. The third-order valence-electron chi connectivity index (χ3n) is 5.49. The van der Waals surface area contributed by atoms with Crippen LogP contribution in [0.1, 0.15) is 28.9 Å². The minimum absolute atomic E-state index is 0. The number of carbonyl (C=O) groups excluding carboxylic acids is 2. The molecular weight excluding hydrogens is 378 g/mol. The molecule has 2 fully saturated rings. The van der Waals surface area contributed by atoms with Crippen LogP contribution < -0.4 is 5.32 Å². The third-order valence-corrected chi connectivity index (χ3v) is 5.49. The van der Waals surface area contributed by atoms with Gasteiger partial charge in [0.2, 0.25) is 5.91 Å². The molecule has 1 atom stereocenters. The van der Waals surface area contributed by atoms with Gasteiger partial charge in [0.25, 0.3) is 5.91 Å². The maximum atomic E-state index is 13.1. The Balaban J connectivity index is 0.00000225. The first-order chi connectivity index (χ1) is 13.1. The van der Waals surface area contributed by atoms with Crippen molar-refractivity contribution in [1.82, 2.24) is 24.9 Å². The standard InChI is InChI=1S/C20H25N5O2.ClH/c1-15-18(12-22-25(15)16-6-3-2-4-7-16)20(27)23-10-5-8-17(14-23)24-11-9-21-13-19(24)26;/h2-4,6-7,12,17,21H,5,8-11,13-14H2,1H3;1H. The third kappa shape index (κ3) is 3.91. The predicted molar refractivity (Wildman–Crippen MR) is 109 cm³/mol. The number of piperazine rings is 1. The van der Waals surface area contributed by atoms with Gasteiger partial charge in [0.15, 0.2) is 0 Å². The predicted octanol–water partition coefficient (Wildman–Crippen LogP) is 1.64. The highest BCUT2D eigenvalue weighted by molar-refractivity contribution is 5.95. The summed E-state index contributed by atoms with van der Waals surface area (Å²) >= 11 is 0. The fourth-order valence-corrected chi connectivity index (χ4v) is 4.02. The molecule has 1 aromatic heterocycles. The van der Waals surface area contributed by atoms with Gasteiger partial charge in [-0.3, -0.25) is 9.59 Å². The Morgan fingerprint density at radius 1 is 1.21 bits per heavy atom. The van der Waals surface area contributed by atoms with E-state index in [-0.39, 0.29) is 30.3 Å². The van der Waals surface area contributed by atoms with Crippen LogP contribution in [0.3, 0.4) is 0 Å². The topological polar surface area (TPSA) is 70.5 Å². The van der Waals surface area contributed by atoms with Crippen LogP contribution in [0.15, 0.2) is 36.5 Å². The zero-order chi connectivity index (χ0) is 18.8. The molecular formula is C20H26ClN5O2. The molecule has 1 aromatic carbocycles. The molecule has 1 unspecified atom stereocenters. The number of hydrogen-bond acceptors (Lipinski definition) is 4. The molecule has 0 radical (unpaired) electrons. The van der Waals surface area contributed by atoms with Gasteiger partial charge in [-0.2, -0.15) is 5.10 Å². The minimum atomic E-state index is 0. The van der Waals surface area contributed by atoms with Crippen LogP contribution in [-0.4, -0.2) is 70.2 Å². The summed E-state index contributed by atoms with van der Waals surface area (Å²) in [4.78, 5) is 29.2. The van der Waals surface area contributed by atoms with Crippen LogP contribution in [0.25, 0.3) is 5.69 Å². The number of nitrogens with zero attached hydrogens (tertiary/aromatic N) is 4. The largest absolute Gasteiger partial charge is 0.336 e. The van der Waals surface area contributed by atoms with Crippen molar-refractivity contribution in [3.05, 3.63) is 47.8 Å². The van der Waals surface area contributed by atoms with E-state index in [1.807, 2.05) is 47.1 Å². The highest BCUT2D eigenvalue weighted by atomic mass is 35.5. The fraction of sp³-hybridized carbons (Fsp3) is 0.450. The zero-order valence-electron chi connectivity index (χ0n) is 16.0. The van der Waals surface area contributed by atoms with E-state index < -0.39 is 0 Å². The van der Waals surface area contributed by atoms with Crippen molar-refractivity contribution >= 4 is 24.2 Å². The van der Waals surface area contributed by atoms with E-state index in [9.17, 15) is 9.59 Å². The Morgan fingerprint density at radius 2 is 2.00 bits per heavy atom. The van der Waals surface area contributed by atoms with Gasteiger partial charge < -0.3 is 15.1 Å². The molecule has 8 heteroatoms. The molecule has 7 nitrogen and oxygen atoms in total. The Hall–Kier alpha value is -2.38. The molecule has 2 saturated heterocycles. The number of benzene rings is 1. The zero-order valence-corrected chi connectivity index (χ0v) is 16.8. The van der Waals surface area contributed by atoms with Crippen molar-refractivity contribution < 1.29 is 9.59 Å². The molecule has 2 aliphatic heterocycles. The number of para-hydroxylation sites is 1. The van der Waals surface area contributed by atoms with Gasteiger partial charge in [-0.1, -0.05) is 18.2 Å². The molecule has 0 aliphatic carbocycles. The van der Waals surface area contributed by atoms with Gasteiger partial charge in [-0.15, -0.1) is 12.4 Å². The summed E-state index contributed by atoms with van der Waals surface area (Å²) in [5, 5.41) is 7.53. The van der Waals surface area contributed by atoms with Gasteiger partial charge >= 0.3 is 0 Å². The number of amides is 2. The minimum Gasteiger partial charge on any atom is -0.336 e. The number of carbonyl (C=O) groups is 2. The monoisotopic (exact) mass is 403 g/mol. The number of halogens is 1. The van der Waals surface area contributed by atoms with E-state index in [0.717, 1.165) is 43.9 Å². The maximum Gasteiger partial charge on any atom is 0.257 e. The molecule has 150 valence electrons. The van der Waals surface area contributed by atoms with E-state index in [0.29, 0.717) is 18.7 Å². The van der Waals surface area contributed by atoms with Gasteiger partial charge in [-0.25, -0.2) is 4.68 Å². The van der Waals surface area contributed by atoms with E-state index in [1.54, 1.807) is 10.9 Å². The van der Waals surface area contributed by atoms with Crippen molar-refractivity contribution in [2.45, 2.75) is 25.8 Å². The van der Waals surface area contributed by atoms with Crippen LogP contribution >= 0.6 is 12.4 Å². The molecule has 2 amide bonds. The van der Waals surface area contributed by atoms with Gasteiger partial charge in [0.1, 0.15) is 0 Å². The lowest BCUT2D eigenvalue weighted by Crippen LogP contribution is -2.57. The smallest absolute Gasteiger partial charge is 0.257 e. The van der Waals surface area contributed by atoms with Gasteiger partial charge in [0.05, 0.1) is 29.7 Å². The molecule has 0 bridgehead atoms. The lowest BCUT2D eigenvalue weighted by atomic mass is 10.0. The molecule has 4 rings (SSSR count). The second kappa shape index (κ2) is 8.75.